The van der Waals surface area contributed by atoms with Crippen molar-refractivity contribution < 1.29 is 4.79 Å². The van der Waals surface area contributed by atoms with Gasteiger partial charge in [-0.05, 0) is 25.3 Å². The highest BCUT2D eigenvalue weighted by atomic mass is 32.1. The zero-order valence-corrected chi connectivity index (χ0v) is 7.31. The number of nitrogens with zero attached hydrogens (tertiary/aromatic N) is 1. The lowest BCUT2D eigenvalue weighted by molar-refractivity contribution is 0.528. The molecule has 0 aliphatic heterocycles. The van der Waals surface area contributed by atoms with Crippen molar-refractivity contribution in [3.8, 4) is 0 Å². The first-order valence-corrected chi connectivity index (χ1v) is 4.18. The fraction of sp³-hybridized carbons (Fsp3) is 0.375. The van der Waals surface area contributed by atoms with E-state index in [2.05, 4.69) is 4.99 Å². The quantitative estimate of drug-likeness (QED) is 0.491. The predicted octanol–water partition coefficient (Wildman–Crippen LogP) is 2.32. The lowest BCUT2D eigenvalue weighted by Crippen LogP contribution is -2.10. The Hall–Kier alpha value is -0.920. The van der Waals surface area contributed by atoms with Crippen molar-refractivity contribution in [2.24, 2.45) is 4.99 Å². The van der Waals surface area contributed by atoms with E-state index in [0.29, 0.717) is 0 Å². The van der Waals surface area contributed by atoms with E-state index in [1.54, 1.807) is 17.4 Å². The molecule has 58 valence electrons. The molecule has 1 aromatic rings. The molecule has 0 aliphatic carbocycles. The molecule has 0 unspecified atom stereocenters. The van der Waals surface area contributed by atoms with Crippen LogP contribution >= 0.6 is 11.3 Å². The van der Waals surface area contributed by atoms with Gasteiger partial charge in [0.15, 0.2) is 0 Å². The molecule has 2 nitrogen and oxygen atoms in total. The topological polar surface area (TPSA) is 29.4 Å². The number of hydrogen-bond acceptors (Lipinski definition) is 3. The van der Waals surface area contributed by atoms with Gasteiger partial charge in [-0.3, -0.25) is 0 Å². The predicted molar refractivity (Wildman–Crippen MR) is 45.5 cm³/mol. The van der Waals surface area contributed by atoms with Crippen LogP contribution in [-0.4, -0.2) is 6.08 Å². The van der Waals surface area contributed by atoms with Crippen molar-refractivity contribution in [1.82, 2.24) is 0 Å². The standard InChI is InChI=1S/C8H9NOS/c1-8(2,9-6-10)7-4-3-5-11-7/h3-5H,1-2H3. The van der Waals surface area contributed by atoms with Crippen LogP contribution in [0.25, 0.3) is 0 Å². The lowest BCUT2D eigenvalue weighted by Gasteiger charge is -2.13. The van der Waals surface area contributed by atoms with Crippen LogP contribution < -0.4 is 0 Å². The fourth-order valence-corrected chi connectivity index (χ4v) is 1.59. The molecule has 0 aromatic carbocycles. The molecule has 0 aliphatic rings. The summed E-state index contributed by atoms with van der Waals surface area (Å²) in [5.41, 5.74) is -0.407. The second-order valence-corrected chi connectivity index (χ2v) is 3.69. The van der Waals surface area contributed by atoms with Gasteiger partial charge in [-0.15, -0.1) is 11.3 Å². The molecule has 0 saturated carbocycles. The molecule has 1 rings (SSSR count). The summed E-state index contributed by atoms with van der Waals surface area (Å²) >= 11 is 1.60. The molecule has 0 fully saturated rings. The average Bonchev–Trinajstić information content (AvgIpc) is 2.37. The molecular weight excluding hydrogens is 158 g/mol. The van der Waals surface area contributed by atoms with Gasteiger partial charge in [-0.1, -0.05) is 6.07 Å². The maximum absolute atomic E-state index is 10.0. The Balaban J connectivity index is 2.99. The Morgan fingerprint density at radius 2 is 2.36 bits per heavy atom. The summed E-state index contributed by atoms with van der Waals surface area (Å²) in [4.78, 5) is 14.8. The van der Waals surface area contributed by atoms with Crippen LogP contribution in [0.2, 0.25) is 0 Å². The van der Waals surface area contributed by atoms with E-state index >= 15 is 0 Å². The van der Waals surface area contributed by atoms with Crippen molar-refractivity contribution in [1.29, 1.82) is 0 Å². The highest BCUT2D eigenvalue weighted by molar-refractivity contribution is 7.10. The second-order valence-electron chi connectivity index (χ2n) is 2.74. The van der Waals surface area contributed by atoms with Crippen molar-refractivity contribution in [3.05, 3.63) is 22.4 Å². The van der Waals surface area contributed by atoms with Gasteiger partial charge in [-0.25, -0.2) is 4.79 Å². The van der Waals surface area contributed by atoms with Crippen molar-refractivity contribution >= 4 is 17.4 Å². The number of carbonyl (C=O) groups excluding carboxylic acids is 1. The minimum absolute atomic E-state index is 0.407. The summed E-state index contributed by atoms with van der Waals surface area (Å²) in [6.45, 7) is 3.79. The molecule has 0 N–H and O–H groups in total. The third kappa shape index (κ3) is 1.76. The van der Waals surface area contributed by atoms with Gasteiger partial charge in [0, 0.05) is 4.88 Å². The highest BCUT2D eigenvalue weighted by Gasteiger charge is 2.19. The van der Waals surface area contributed by atoms with Gasteiger partial charge in [0.05, 0.1) is 0 Å². The fourth-order valence-electron chi connectivity index (χ4n) is 0.796. The Labute approximate surface area is 69.6 Å². The first kappa shape index (κ1) is 8.18. The van der Waals surface area contributed by atoms with E-state index in [1.807, 2.05) is 31.4 Å². The molecule has 11 heavy (non-hydrogen) atoms. The second kappa shape index (κ2) is 2.99. The van der Waals surface area contributed by atoms with Crippen LogP contribution in [0.3, 0.4) is 0 Å². The average molecular weight is 167 g/mol. The molecular formula is C8H9NOS. The Kier molecular flexibility index (Phi) is 2.22. The van der Waals surface area contributed by atoms with E-state index in [-0.39, 0.29) is 0 Å². The van der Waals surface area contributed by atoms with Crippen LogP contribution in [0.15, 0.2) is 22.5 Å². The number of hydrogen-bond donors (Lipinski definition) is 0. The zero-order valence-electron chi connectivity index (χ0n) is 6.50. The number of rotatable bonds is 2. The molecule has 0 saturated heterocycles. The first-order valence-electron chi connectivity index (χ1n) is 3.30. The smallest absolute Gasteiger partial charge is 0.211 e. The summed E-state index contributed by atoms with van der Waals surface area (Å²) < 4.78 is 0. The van der Waals surface area contributed by atoms with Gasteiger partial charge in [0.25, 0.3) is 0 Å². The van der Waals surface area contributed by atoms with Crippen LogP contribution in [0.4, 0.5) is 0 Å². The third-order valence-corrected chi connectivity index (χ3v) is 2.63. The maximum atomic E-state index is 10.0. The summed E-state index contributed by atoms with van der Waals surface area (Å²) in [5, 5.41) is 1.97. The third-order valence-electron chi connectivity index (χ3n) is 1.45. The normalized spacial score (nSPS) is 10.7. The largest absolute Gasteiger partial charge is 0.235 e. The minimum atomic E-state index is -0.407. The van der Waals surface area contributed by atoms with E-state index < -0.39 is 5.54 Å². The van der Waals surface area contributed by atoms with Crippen LogP contribution in [0, 0.1) is 0 Å². The van der Waals surface area contributed by atoms with Crippen LogP contribution in [0.1, 0.15) is 18.7 Å². The maximum Gasteiger partial charge on any atom is 0.235 e. The molecule has 0 spiro atoms. The molecule has 0 atom stereocenters. The van der Waals surface area contributed by atoms with E-state index in [4.69, 9.17) is 0 Å². The van der Waals surface area contributed by atoms with E-state index in [1.165, 1.54) is 0 Å². The lowest BCUT2D eigenvalue weighted by atomic mass is 10.1. The van der Waals surface area contributed by atoms with Gasteiger partial charge in [0.1, 0.15) is 5.54 Å². The van der Waals surface area contributed by atoms with Crippen molar-refractivity contribution in [3.63, 3.8) is 0 Å². The molecule has 3 heteroatoms. The van der Waals surface area contributed by atoms with Gasteiger partial charge in [0.2, 0.25) is 6.08 Å². The molecule has 1 aromatic heterocycles. The molecule has 0 bridgehead atoms. The molecule has 0 amide bonds. The summed E-state index contributed by atoms with van der Waals surface area (Å²) in [6, 6.07) is 3.91. The monoisotopic (exact) mass is 167 g/mol. The summed E-state index contributed by atoms with van der Waals surface area (Å²) in [7, 11) is 0. The Morgan fingerprint density at radius 3 is 2.82 bits per heavy atom. The van der Waals surface area contributed by atoms with Crippen molar-refractivity contribution in [2.75, 3.05) is 0 Å². The SMILES string of the molecule is CC(C)(N=C=O)c1cccs1. The number of isocyanates is 1. The minimum Gasteiger partial charge on any atom is -0.211 e. The zero-order chi connectivity index (χ0) is 8.32. The molecule has 1 heterocycles. The van der Waals surface area contributed by atoms with Crippen LogP contribution in [0.5, 0.6) is 0 Å². The summed E-state index contributed by atoms with van der Waals surface area (Å²) in [5.74, 6) is 0. The van der Waals surface area contributed by atoms with Crippen molar-refractivity contribution in [2.45, 2.75) is 19.4 Å². The van der Waals surface area contributed by atoms with Gasteiger partial charge in [-0.2, -0.15) is 4.99 Å². The molecule has 0 radical (unpaired) electrons. The Morgan fingerprint density at radius 1 is 1.64 bits per heavy atom. The van der Waals surface area contributed by atoms with Crippen LogP contribution in [-0.2, 0) is 10.3 Å². The van der Waals surface area contributed by atoms with E-state index in [9.17, 15) is 4.79 Å². The van der Waals surface area contributed by atoms with Gasteiger partial charge < -0.3 is 0 Å². The number of thiophene rings is 1. The Bertz CT molecular complexity index is 270. The summed E-state index contributed by atoms with van der Waals surface area (Å²) in [6.07, 6.45) is 1.58. The highest BCUT2D eigenvalue weighted by Crippen LogP contribution is 2.27. The first-order chi connectivity index (χ1) is 5.17. The van der Waals surface area contributed by atoms with Gasteiger partial charge >= 0.3 is 0 Å². The van der Waals surface area contributed by atoms with E-state index in [0.717, 1.165) is 4.88 Å². The number of aliphatic imine (C=N–C) groups is 1.